The molecule has 2 amide bonds. The molecule has 0 aromatic rings. The van der Waals surface area contributed by atoms with E-state index in [9.17, 15) is 9.59 Å². The third-order valence-electron chi connectivity index (χ3n) is 3.40. The number of hydrogen-bond donors (Lipinski definition) is 3. The van der Waals surface area contributed by atoms with Crippen molar-refractivity contribution >= 4 is 11.8 Å². The third kappa shape index (κ3) is 5.88. The van der Waals surface area contributed by atoms with Crippen LogP contribution in [0.25, 0.3) is 0 Å². The molecule has 1 atom stereocenters. The van der Waals surface area contributed by atoms with Gasteiger partial charge < -0.3 is 16.0 Å². The molecule has 20 heavy (non-hydrogen) atoms. The largest absolute Gasteiger partial charge is 0.355 e. The number of hydrogen-bond acceptors (Lipinski definition) is 4. The Morgan fingerprint density at radius 3 is 2.75 bits per heavy atom. The van der Waals surface area contributed by atoms with E-state index in [-0.39, 0.29) is 17.9 Å². The van der Waals surface area contributed by atoms with Gasteiger partial charge in [-0.15, -0.1) is 0 Å². The maximum Gasteiger partial charge on any atom is 0.238 e. The Hall–Kier alpha value is -1.14. The van der Waals surface area contributed by atoms with Crippen LogP contribution in [0.5, 0.6) is 0 Å². The lowest BCUT2D eigenvalue weighted by Crippen LogP contribution is -2.59. The lowest BCUT2D eigenvalue weighted by molar-refractivity contribution is -0.129. The summed E-state index contributed by atoms with van der Waals surface area (Å²) in [6.07, 6.45) is 0.979. The Bertz CT molecular complexity index is 320. The van der Waals surface area contributed by atoms with Gasteiger partial charge in [0.25, 0.3) is 0 Å². The topological polar surface area (TPSA) is 73.5 Å². The minimum atomic E-state index is -0.250. The van der Waals surface area contributed by atoms with Crippen LogP contribution in [0.4, 0.5) is 0 Å². The Labute approximate surface area is 121 Å². The highest BCUT2D eigenvalue weighted by Gasteiger charge is 2.29. The molecule has 1 fully saturated rings. The molecular weight excluding hydrogens is 256 g/mol. The smallest absolute Gasteiger partial charge is 0.238 e. The molecule has 0 aromatic heterocycles. The number of likely N-dealkylation sites (N-methyl/N-ethyl adjacent to an activating group) is 1. The van der Waals surface area contributed by atoms with Crippen LogP contribution >= 0.6 is 0 Å². The first-order chi connectivity index (χ1) is 9.54. The number of carbonyl (C=O) groups excluding carboxylic acids is 2. The van der Waals surface area contributed by atoms with Crippen LogP contribution in [-0.2, 0) is 9.59 Å². The fourth-order valence-corrected chi connectivity index (χ4v) is 2.23. The van der Waals surface area contributed by atoms with Crippen molar-refractivity contribution < 1.29 is 9.59 Å². The fraction of sp³-hybridized carbons (Fsp3) is 0.857. The zero-order chi connectivity index (χ0) is 15.0. The average Bonchev–Trinajstić information content (AvgIpc) is 2.39. The summed E-state index contributed by atoms with van der Waals surface area (Å²) in [6, 6.07) is -0.250. The summed E-state index contributed by atoms with van der Waals surface area (Å²) in [6.45, 7) is 9.91. The van der Waals surface area contributed by atoms with Gasteiger partial charge in [-0.25, -0.2) is 0 Å². The molecule has 0 spiro atoms. The lowest BCUT2D eigenvalue weighted by Gasteiger charge is -2.34. The van der Waals surface area contributed by atoms with Crippen molar-refractivity contribution in [2.24, 2.45) is 5.92 Å². The number of nitrogens with zero attached hydrogens (tertiary/aromatic N) is 1. The molecule has 1 rings (SSSR count). The molecule has 1 aliphatic heterocycles. The Morgan fingerprint density at radius 1 is 1.35 bits per heavy atom. The lowest BCUT2D eigenvalue weighted by atomic mass is 10.1. The minimum absolute atomic E-state index is 0.00171. The number of carbonyl (C=O) groups is 2. The fourth-order valence-electron chi connectivity index (χ4n) is 2.23. The van der Waals surface area contributed by atoms with Crippen LogP contribution < -0.4 is 16.0 Å². The quantitative estimate of drug-likeness (QED) is 0.592. The highest BCUT2D eigenvalue weighted by atomic mass is 16.2. The molecule has 0 bridgehead atoms. The zero-order valence-electron chi connectivity index (χ0n) is 12.9. The monoisotopic (exact) mass is 284 g/mol. The second-order valence-corrected chi connectivity index (χ2v) is 5.62. The number of amides is 2. The summed E-state index contributed by atoms with van der Waals surface area (Å²) in [7, 11) is 0. The van der Waals surface area contributed by atoms with E-state index in [1.54, 1.807) is 0 Å². The standard InChI is InChI=1S/C14H28N4O2/c1-4-16-14(20)12-9-15-7-8-18(12)10-13(19)17-6-5-11(2)3/h11-12,15H,4-10H2,1-3H3,(H,16,20)(H,17,19). The molecule has 116 valence electrons. The summed E-state index contributed by atoms with van der Waals surface area (Å²) < 4.78 is 0. The van der Waals surface area contributed by atoms with Gasteiger partial charge >= 0.3 is 0 Å². The molecule has 1 unspecified atom stereocenters. The summed E-state index contributed by atoms with van der Waals surface area (Å²) in [5.74, 6) is 0.578. The van der Waals surface area contributed by atoms with E-state index in [4.69, 9.17) is 0 Å². The molecule has 6 heteroatoms. The summed E-state index contributed by atoms with van der Waals surface area (Å²) in [4.78, 5) is 25.8. The summed E-state index contributed by atoms with van der Waals surface area (Å²) >= 11 is 0. The molecular formula is C14H28N4O2. The zero-order valence-corrected chi connectivity index (χ0v) is 12.9. The van der Waals surface area contributed by atoms with Gasteiger partial charge in [-0.3, -0.25) is 14.5 Å². The molecule has 0 saturated carbocycles. The van der Waals surface area contributed by atoms with E-state index in [1.807, 2.05) is 11.8 Å². The first-order valence-electron chi connectivity index (χ1n) is 7.53. The van der Waals surface area contributed by atoms with E-state index in [0.29, 0.717) is 32.1 Å². The van der Waals surface area contributed by atoms with Crippen LogP contribution in [0.2, 0.25) is 0 Å². The second kappa shape index (κ2) is 8.92. The Kier molecular flexibility index (Phi) is 7.54. The van der Waals surface area contributed by atoms with E-state index < -0.39 is 0 Å². The van der Waals surface area contributed by atoms with Crippen molar-refractivity contribution in [1.82, 2.24) is 20.9 Å². The maximum atomic E-state index is 12.0. The van der Waals surface area contributed by atoms with Gasteiger partial charge in [0.15, 0.2) is 0 Å². The molecule has 1 aliphatic rings. The van der Waals surface area contributed by atoms with Crippen molar-refractivity contribution in [2.75, 3.05) is 39.3 Å². The Balaban J connectivity index is 2.41. The van der Waals surface area contributed by atoms with Crippen LogP contribution in [0.1, 0.15) is 27.2 Å². The van der Waals surface area contributed by atoms with Gasteiger partial charge in [-0.1, -0.05) is 13.8 Å². The SMILES string of the molecule is CCNC(=O)C1CNCCN1CC(=O)NCCC(C)C. The number of rotatable bonds is 7. The van der Waals surface area contributed by atoms with Gasteiger partial charge in [0, 0.05) is 32.7 Å². The van der Waals surface area contributed by atoms with Gasteiger partial charge in [-0.05, 0) is 19.3 Å². The molecule has 1 saturated heterocycles. The predicted molar refractivity (Wildman–Crippen MR) is 79.4 cm³/mol. The molecule has 0 aromatic carbocycles. The normalized spacial score (nSPS) is 19.9. The van der Waals surface area contributed by atoms with Crippen molar-refractivity contribution in [2.45, 2.75) is 33.2 Å². The van der Waals surface area contributed by atoms with Crippen LogP contribution in [0.3, 0.4) is 0 Å². The number of nitrogens with one attached hydrogen (secondary N) is 3. The maximum absolute atomic E-state index is 12.0. The second-order valence-electron chi connectivity index (χ2n) is 5.62. The van der Waals surface area contributed by atoms with Crippen LogP contribution in [0.15, 0.2) is 0 Å². The van der Waals surface area contributed by atoms with E-state index in [0.717, 1.165) is 19.5 Å². The van der Waals surface area contributed by atoms with E-state index >= 15 is 0 Å². The van der Waals surface area contributed by atoms with E-state index in [2.05, 4.69) is 29.8 Å². The minimum Gasteiger partial charge on any atom is -0.355 e. The molecule has 0 aliphatic carbocycles. The molecule has 6 nitrogen and oxygen atoms in total. The predicted octanol–water partition coefficient (Wildman–Crippen LogP) is -0.441. The summed E-state index contributed by atoms with van der Waals surface area (Å²) in [5.41, 5.74) is 0. The summed E-state index contributed by atoms with van der Waals surface area (Å²) in [5, 5.41) is 8.95. The highest BCUT2D eigenvalue weighted by Crippen LogP contribution is 2.03. The van der Waals surface area contributed by atoms with Gasteiger partial charge in [0.2, 0.25) is 11.8 Å². The van der Waals surface area contributed by atoms with Gasteiger partial charge in [-0.2, -0.15) is 0 Å². The first kappa shape index (κ1) is 16.9. The van der Waals surface area contributed by atoms with Crippen LogP contribution in [-0.4, -0.2) is 62.0 Å². The number of piperazine rings is 1. The molecule has 3 N–H and O–H groups in total. The van der Waals surface area contributed by atoms with Crippen molar-refractivity contribution in [3.8, 4) is 0 Å². The van der Waals surface area contributed by atoms with Crippen molar-refractivity contribution in [3.05, 3.63) is 0 Å². The van der Waals surface area contributed by atoms with Crippen molar-refractivity contribution in [1.29, 1.82) is 0 Å². The van der Waals surface area contributed by atoms with E-state index in [1.165, 1.54) is 0 Å². The Morgan fingerprint density at radius 2 is 2.10 bits per heavy atom. The third-order valence-corrected chi connectivity index (χ3v) is 3.40. The molecule has 0 radical (unpaired) electrons. The van der Waals surface area contributed by atoms with Gasteiger partial charge in [0.1, 0.15) is 6.04 Å². The van der Waals surface area contributed by atoms with Crippen LogP contribution in [0, 0.1) is 5.92 Å². The first-order valence-corrected chi connectivity index (χ1v) is 7.53. The van der Waals surface area contributed by atoms with Crippen molar-refractivity contribution in [3.63, 3.8) is 0 Å². The van der Waals surface area contributed by atoms with Gasteiger partial charge in [0.05, 0.1) is 6.54 Å². The molecule has 1 heterocycles. The highest BCUT2D eigenvalue weighted by molar-refractivity contribution is 5.84. The average molecular weight is 284 g/mol.